The first-order valence-corrected chi connectivity index (χ1v) is 7.20. The predicted octanol–water partition coefficient (Wildman–Crippen LogP) is 3.28. The van der Waals surface area contributed by atoms with Crippen molar-refractivity contribution in [3.8, 4) is 0 Å². The molecule has 0 aromatic carbocycles. The van der Waals surface area contributed by atoms with Crippen molar-refractivity contribution in [1.29, 1.82) is 0 Å². The number of anilines is 1. The lowest BCUT2D eigenvalue weighted by atomic mass is 10.2. The molecule has 3 heterocycles. The molecule has 0 fully saturated rings. The highest BCUT2D eigenvalue weighted by Crippen LogP contribution is 2.36. The van der Waals surface area contributed by atoms with Crippen LogP contribution in [0.5, 0.6) is 0 Å². The lowest BCUT2D eigenvalue weighted by Gasteiger charge is -2.34. The standard InChI is InChI=1S/C14H12F6N6/c1-7-9(15)6-26-11(22-7)24-14(25-26,12(2,16)17)23-8-3-4-10(21-5-8)13(18,19)20/h3-6,23,25H,1-2H3. The number of fused-ring (bicyclic) bond motifs is 1. The van der Waals surface area contributed by atoms with Crippen molar-refractivity contribution in [2.24, 2.45) is 9.98 Å². The van der Waals surface area contributed by atoms with Crippen LogP contribution in [0.1, 0.15) is 19.5 Å². The molecule has 2 N–H and O–H groups in total. The Labute approximate surface area is 143 Å². The number of alkyl halides is 5. The fourth-order valence-electron chi connectivity index (χ4n) is 2.24. The number of guanidine groups is 1. The van der Waals surface area contributed by atoms with E-state index < -0.39 is 29.4 Å². The van der Waals surface area contributed by atoms with Gasteiger partial charge in [0.25, 0.3) is 5.79 Å². The fraction of sp³-hybridized carbons (Fsp3) is 0.357. The van der Waals surface area contributed by atoms with Crippen LogP contribution in [0, 0.1) is 0 Å². The van der Waals surface area contributed by atoms with Crippen molar-refractivity contribution in [3.05, 3.63) is 36.1 Å². The second-order valence-corrected chi connectivity index (χ2v) is 5.72. The predicted molar refractivity (Wildman–Crippen MR) is 80.9 cm³/mol. The van der Waals surface area contributed by atoms with Gasteiger partial charge in [-0.3, -0.25) is 0 Å². The molecule has 1 atom stereocenters. The molecule has 0 spiro atoms. The number of rotatable bonds is 3. The number of hydrogen-bond acceptors (Lipinski definition) is 6. The van der Waals surface area contributed by atoms with Gasteiger partial charge in [-0.1, -0.05) is 0 Å². The third-order valence-electron chi connectivity index (χ3n) is 3.64. The van der Waals surface area contributed by atoms with Crippen molar-refractivity contribution in [2.45, 2.75) is 31.7 Å². The van der Waals surface area contributed by atoms with Crippen LogP contribution in [0.25, 0.3) is 0 Å². The number of aliphatic imine (C=N–C) groups is 2. The maximum Gasteiger partial charge on any atom is 0.433 e. The molecular weight excluding hydrogens is 366 g/mol. The van der Waals surface area contributed by atoms with E-state index in [4.69, 9.17) is 0 Å². The SMILES string of the molecule is CC1=NC2=NC(Nc3ccc(C(F)(F)F)nc3)(C(C)(F)F)NN2C=C1F. The zero-order chi connectivity index (χ0) is 19.3. The van der Waals surface area contributed by atoms with E-state index in [2.05, 4.69) is 25.7 Å². The average Bonchev–Trinajstić information content (AvgIpc) is 2.85. The van der Waals surface area contributed by atoms with E-state index in [0.29, 0.717) is 13.0 Å². The summed E-state index contributed by atoms with van der Waals surface area (Å²) in [5, 5.41) is 3.18. The largest absolute Gasteiger partial charge is 0.433 e. The molecule has 6 nitrogen and oxygen atoms in total. The Bertz CT molecular complexity index is 807. The van der Waals surface area contributed by atoms with Crippen molar-refractivity contribution in [3.63, 3.8) is 0 Å². The van der Waals surface area contributed by atoms with Crippen LogP contribution in [0.4, 0.5) is 32.0 Å². The fourth-order valence-corrected chi connectivity index (χ4v) is 2.24. The lowest BCUT2D eigenvalue weighted by Crippen LogP contribution is -2.61. The van der Waals surface area contributed by atoms with Crippen LogP contribution in [-0.2, 0) is 6.18 Å². The summed E-state index contributed by atoms with van der Waals surface area (Å²) in [7, 11) is 0. The van der Waals surface area contributed by atoms with Crippen LogP contribution in [0.3, 0.4) is 0 Å². The molecule has 1 aromatic rings. The van der Waals surface area contributed by atoms with E-state index >= 15 is 0 Å². The van der Waals surface area contributed by atoms with Gasteiger partial charge in [0.05, 0.1) is 23.8 Å². The summed E-state index contributed by atoms with van der Waals surface area (Å²) in [5.74, 6) is -7.01. The third kappa shape index (κ3) is 3.11. The molecule has 12 heteroatoms. The summed E-state index contributed by atoms with van der Waals surface area (Å²) in [5.41, 5.74) is 0.914. The van der Waals surface area contributed by atoms with Crippen molar-refractivity contribution < 1.29 is 26.3 Å². The van der Waals surface area contributed by atoms with Gasteiger partial charge in [0, 0.05) is 6.92 Å². The molecule has 2 aliphatic rings. The van der Waals surface area contributed by atoms with Gasteiger partial charge in [0.15, 0.2) is 5.83 Å². The summed E-state index contributed by atoms with van der Waals surface area (Å²) in [6.45, 7) is 1.88. The van der Waals surface area contributed by atoms with Crippen LogP contribution >= 0.6 is 0 Å². The van der Waals surface area contributed by atoms with Gasteiger partial charge in [-0.2, -0.15) is 23.6 Å². The first kappa shape index (κ1) is 18.2. The van der Waals surface area contributed by atoms with Gasteiger partial charge in [-0.25, -0.2) is 28.2 Å². The summed E-state index contributed by atoms with van der Waals surface area (Å²) in [6, 6.07) is 1.58. The molecular formula is C14H12F6N6. The molecule has 0 saturated heterocycles. The molecule has 0 bridgehead atoms. The Balaban J connectivity index is 1.95. The minimum Gasteiger partial charge on any atom is -0.341 e. The van der Waals surface area contributed by atoms with E-state index in [0.717, 1.165) is 23.5 Å². The second-order valence-electron chi connectivity index (χ2n) is 5.72. The molecule has 140 valence electrons. The first-order chi connectivity index (χ1) is 11.9. The Kier molecular flexibility index (Phi) is 3.98. The molecule has 0 radical (unpaired) electrons. The van der Waals surface area contributed by atoms with E-state index in [1.165, 1.54) is 6.92 Å². The molecule has 0 aliphatic carbocycles. The number of halogens is 6. The zero-order valence-electron chi connectivity index (χ0n) is 13.4. The molecule has 26 heavy (non-hydrogen) atoms. The monoisotopic (exact) mass is 378 g/mol. The molecule has 0 amide bonds. The Hall–Kier alpha value is -2.63. The van der Waals surface area contributed by atoms with Gasteiger partial charge in [0.2, 0.25) is 5.96 Å². The maximum atomic E-state index is 14.2. The Morgan fingerprint density at radius 1 is 1.19 bits per heavy atom. The van der Waals surface area contributed by atoms with Crippen molar-refractivity contribution >= 4 is 17.4 Å². The minimum atomic E-state index is -4.66. The second kappa shape index (κ2) is 5.69. The van der Waals surface area contributed by atoms with Crippen LogP contribution in [0.2, 0.25) is 0 Å². The summed E-state index contributed by atoms with van der Waals surface area (Å²) in [6.07, 6.45) is -3.02. The molecule has 1 unspecified atom stereocenters. The Morgan fingerprint density at radius 3 is 2.42 bits per heavy atom. The van der Waals surface area contributed by atoms with Gasteiger partial charge in [-0.15, -0.1) is 0 Å². The summed E-state index contributed by atoms with van der Waals surface area (Å²) >= 11 is 0. The Morgan fingerprint density at radius 2 is 1.88 bits per heavy atom. The van der Waals surface area contributed by atoms with Gasteiger partial charge >= 0.3 is 12.1 Å². The summed E-state index contributed by atoms with van der Waals surface area (Å²) in [4.78, 5) is 10.8. The minimum absolute atomic E-state index is 0.0479. The van der Waals surface area contributed by atoms with Gasteiger partial charge in [-0.05, 0) is 19.1 Å². The molecule has 1 aromatic heterocycles. The van der Waals surface area contributed by atoms with Crippen LogP contribution in [0.15, 0.2) is 40.3 Å². The number of allylic oxidation sites excluding steroid dienone is 1. The van der Waals surface area contributed by atoms with Crippen molar-refractivity contribution in [2.75, 3.05) is 5.32 Å². The topological polar surface area (TPSA) is 64.9 Å². The zero-order valence-corrected chi connectivity index (χ0v) is 13.4. The van der Waals surface area contributed by atoms with Gasteiger partial charge in [0.1, 0.15) is 5.69 Å². The average molecular weight is 378 g/mol. The number of nitrogens with one attached hydrogen (secondary N) is 2. The number of nitrogens with zero attached hydrogens (tertiary/aromatic N) is 4. The van der Waals surface area contributed by atoms with Gasteiger partial charge < -0.3 is 5.32 Å². The van der Waals surface area contributed by atoms with E-state index in [1.807, 2.05) is 0 Å². The third-order valence-corrected chi connectivity index (χ3v) is 3.64. The van der Waals surface area contributed by atoms with E-state index in [-0.39, 0.29) is 17.4 Å². The number of pyridine rings is 1. The highest BCUT2D eigenvalue weighted by atomic mass is 19.4. The molecule has 0 saturated carbocycles. The number of hydrazine groups is 1. The quantitative estimate of drug-likeness (QED) is 0.793. The first-order valence-electron chi connectivity index (χ1n) is 7.20. The highest BCUT2D eigenvalue weighted by molar-refractivity contribution is 6.07. The van der Waals surface area contributed by atoms with E-state index in [9.17, 15) is 26.3 Å². The van der Waals surface area contributed by atoms with E-state index in [1.54, 1.807) is 0 Å². The number of aromatic nitrogens is 1. The molecule has 2 aliphatic heterocycles. The molecule has 3 rings (SSSR count). The lowest BCUT2D eigenvalue weighted by molar-refractivity contribution is -0.141. The highest BCUT2D eigenvalue weighted by Gasteiger charge is 2.56. The maximum absolute atomic E-state index is 14.2. The number of hydrogen-bond donors (Lipinski definition) is 2. The van der Waals surface area contributed by atoms with Crippen LogP contribution in [-0.4, -0.2) is 33.4 Å². The smallest absolute Gasteiger partial charge is 0.341 e. The normalized spacial score (nSPS) is 23.2. The summed E-state index contributed by atoms with van der Waals surface area (Å²) < 4.78 is 79.8. The van der Waals surface area contributed by atoms with Crippen LogP contribution < -0.4 is 10.7 Å². The van der Waals surface area contributed by atoms with Crippen molar-refractivity contribution in [1.82, 2.24) is 15.4 Å².